The molecule has 0 radical (unpaired) electrons. The van der Waals surface area contributed by atoms with Gasteiger partial charge in [-0.2, -0.15) is 0 Å². The Bertz CT molecular complexity index is 540. The van der Waals surface area contributed by atoms with Crippen LogP contribution in [0.2, 0.25) is 0 Å². The second-order valence-electron chi connectivity index (χ2n) is 6.26. The van der Waals surface area contributed by atoms with Gasteiger partial charge in [0.05, 0.1) is 0 Å². The normalized spacial score (nSPS) is 13.4. The van der Waals surface area contributed by atoms with Gasteiger partial charge in [-0.25, -0.2) is 0 Å². The number of hydrogen-bond acceptors (Lipinski definition) is 4. The Labute approximate surface area is 157 Å². The summed E-state index contributed by atoms with van der Waals surface area (Å²) in [4.78, 5) is 0. The van der Waals surface area contributed by atoms with Crippen molar-refractivity contribution in [2.75, 3.05) is 0 Å². The number of alkyl halides is 2. The van der Waals surface area contributed by atoms with E-state index >= 15 is 0 Å². The van der Waals surface area contributed by atoms with Gasteiger partial charge < -0.3 is 0 Å². The Kier molecular flexibility index (Phi) is 5.88. The predicted molar refractivity (Wildman–Crippen MR) is 67.7 cm³/mol. The molecule has 0 saturated heterocycles. The van der Waals surface area contributed by atoms with Crippen LogP contribution in [0.5, 0.6) is 0 Å². The molecule has 0 aliphatic heterocycles. The molecule has 0 N–H and O–H groups in total. The van der Waals surface area contributed by atoms with Crippen molar-refractivity contribution in [3.05, 3.63) is 19.8 Å². The third-order valence-corrected chi connectivity index (χ3v) is 8.67. The zero-order valence-electron chi connectivity index (χ0n) is 13.0. The molecule has 0 fully saturated rings. The van der Waals surface area contributed by atoms with E-state index in [0.29, 0.717) is 6.84 Å². The first-order valence-electron chi connectivity index (χ1n) is 6.43. The molecule has 0 aliphatic rings. The molecule has 0 spiro atoms. The van der Waals surface area contributed by atoms with Gasteiger partial charge in [-0.05, 0) is 0 Å². The van der Waals surface area contributed by atoms with Crippen molar-refractivity contribution < 1.29 is 64.2 Å². The zero-order valence-corrected chi connectivity index (χ0v) is 19.4. The summed E-state index contributed by atoms with van der Waals surface area (Å²) in [7, 11) is 0. The minimum atomic E-state index is -0.369. The number of rotatable bonds is 4. The van der Waals surface area contributed by atoms with Crippen molar-refractivity contribution in [3.8, 4) is 0 Å². The van der Waals surface area contributed by atoms with E-state index in [1.54, 1.807) is 0 Å². The maximum atomic E-state index is 4.30. The molecule has 0 saturated carbocycles. The van der Waals surface area contributed by atoms with Crippen molar-refractivity contribution in [3.63, 3.8) is 0 Å². The molecular weight excluding hydrogens is 609 g/mol. The molecule has 0 amide bonds. The van der Waals surface area contributed by atoms with Crippen molar-refractivity contribution in [2.24, 2.45) is 0 Å². The molecule has 0 bridgehead atoms. The molecule has 122 valence electrons. The van der Waals surface area contributed by atoms with Crippen molar-refractivity contribution >= 4 is 0 Å². The van der Waals surface area contributed by atoms with E-state index in [2.05, 4.69) is 74.6 Å². The summed E-state index contributed by atoms with van der Waals surface area (Å²) in [5, 5.41) is 17.1. The van der Waals surface area contributed by atoms with E-state index in [9.17, 15) is 0 Å². The summed E-state index contributed by atoms with van der Waals surface area (Å²) < 4.78 is 6.89. The van der Waals surface area contributed by atoms with E-state index < -0.39 is 0 Å². The molecule has 0 aliphatic carbocycles. The van der Waals surface area contributed by atoms with Gasteiger partial charge in [-0.15, -0.1) is 0 Å². The van der Waals surface area contributed by atoms with Crippen LogP contribution in [-0.4, -0.2) is 33.3 Å². The van der Waals surface area contributed by atoms with Crippen LogP contribution in [0.1, 0.15) is 41.5 Å². The van der Waals surface area contributed by atoms with Crippen LogP contribution in [0, 0.1) is 7.40 Å². The van der Waals surface area contributed by atoms with Gasteiger partial charge in [0.25, 0.3) is 0 Å². The third-order valence-electron chi connectivity index (χ3n) is 1.75. The molecule has 21 heavy (non-hydrogen) atoms. The molecule has 2 aromatic heterocycles. The Balaban J connectivity index is 1.99. The van der Waals surface area contributed by atoms with Gasteiger partial charge >= 0.3 is 159 Å². The quantitative estimate of drug-likeness (QED) is 0.250. The summed E-state index contributed by atoms with van der Waals surface area (Å²) in [6, 6.07) is 0. The fourth-order valence-electron chi connectivity index (χ4n) is 1.24. The topological polar surface area (TPSA) is 61.4 Å². The van der Waals surface area contributed by atoms with Crippen LogP contribution in [0.25, 0.3) is 0 Å². The van der Waals surface area contributed by atoms with Crippen LogP contribution in [-0.2, 0) is 0 Å². The Morgan fingerprint density at radius 2 is 1.14 bits per heavy atom. The van der Waals surface area contributed by atoms with Gasteiger partial charge in [0, 0.05) is 0 Å². The zero-order chi connectivity index (χ0) is 15.7. The number of halogens is 3. The molecule has 0 aromatic carbocycles. The van der Waals surface area contributed by atoms with E-state index in [1.165, 1.54) is 0 Å². The Hall–Kier alpha value is 0.470. The van der Waals surface area contributed by atoms with E-state index in [-0.39, 0.29) is 64.2 Å². The summed E-state index contributed by atoms with van der Waals surface area (Å²) in [6.45, 7) is 13.5. The van der Waals surface area contributed by atoms with Crippen LogP contribution >= 0.6 is 0 Å². The van der Waals surface area contributed by atoms with Gasteiger partial charge in [0.2, 0.25) is 0 Å². The van der Waals surface area contributed by atoms with Gasteiger partial charge in [-0.3, -0.25) is 0 Å². The summed E-state index contributed by atoms with van der Waals surface area (Å²) >= 11 is -0.691. The SMILES string of the molecule is CC(C)(C)[I-]n1cc([I-]c2cn([I-]C(C)(C)C)nn2)nn1. The van der Waals surface area contributed by atoms with Gasteiger partial charge in [0.15, 0.2) is 0 Å². The molecule has 6 nitrogen and oxygen atoms in total. The van der Waals surface area contributed by atoms with Crippen molar-refractivity contribution in [1.29, 1.82) is 0 Å². The van der Waals surface area contributed by atoms with Gasteiger partial charge in [-0.1, -0.05) is 0 Å². The summed E-state index contributed by atoms with van der Waals surface area (Å²) in [6.07, 6.45) is 4.20. The molecule has 2 aromatic rings. The standard InChI is InChI=1S/C12H20I3N6/c1-11(2,3)14-20-7-9(16-18-20)13-10-8-21(19-17-10)15-12(4,5)6/h7-8H,1-6H3/q-3. The number of aromatic nitrogens is 6. The van der Waals surface area contributed by atoms with E-state index in [1.807, 2.05) is 5.79 Å². The molecule has 9 heteroatoms. The second kappa shape index (κ2) is 6.93. The molecule has 2 rings (SSSR count). The Morgan fingerprint density at radius 1 is 0.762 bits per heavy atom. The fourth-order valence-corrected chi connectivity index (χ4v) is 8.24. The van der Waals surface area contributed by atoms with E-state index in [0.717, 1.165) is 7.40 Å². The molecule has 0 atom stereocenters. The fraction of sp³-hybridized carbons (Fsp3) is 0.667. The molecule has 2 heterocycles. The monoisotopic (exact) mass is 629 g/mol. The third kappa shape index (κ3) is 6.62. The van der Waals surface area contributed by atoms with Crippen LogP contribution in [0.3, 0.4) is 0 Å². The van der Waals surface area contributed by atoms with Crippen LogP contribution in [0.4, 0.5) is 0 Å². The first kappa shape index (κ1) is 17.8. The summed E-state index contributed by atoms with van der Waals surface area (Å²) in [5.41, 5.74) is 0. The van der Waals surface area contributed by atoms with Crippen LogP contribution in [0.15, 0.2) is 12.4 Å². The number of nitrogens with zero attached hydrogens (tertiary/aromatic N) is 6. The number of hydrogen-bond donors (Lipinski definition) is 0. The van der Waals surface area contributed by atoms with Gasteiger partial charge in [0.1, 0.15) is 0 Å². The average molecular weight is 629 g/mol. The maximum absolute atomic E-state index is 4.30. The predicted octanol–water partition coefficient (Wildman–Crippen LogP) is -7.70. The van der Waals surface area contributed by atoms with Crippen molar-refractivity contribution in [1.82, 2.24) is 26.4 Å². The van der Waals surface area contributed by atoms with Crippen molar-refractivity contribution in [2.45, 2.75) is 48.4 Å². The van der Waals surface area contributed by atoms with Crippen LogP contribution < -0.4 is 64.2 Å². The molecule has 0 unspecified atom stereocenters. The first-order chi connectivity index (χ1) is 9.61. The minimum absolute atomic E-state index is 0.161. The Morgan fingerprint density at radius 3 is 1.48 bits per heavy atom. The summed E-state index contributed by atoms with van der Waals surface area (Å²) in [5.74, 6) is 0. The molecular formula is C12H20I3N6-3. The van der Waals surface area contributed by atoms with E-state index in [4.69, 9.17) is 0 Å². The first-order valence-corrected chi connectivity index (χ1v) is 12.7. The average Bonchev–Trinajstić information content (AvgIpc) is 2.85. The second-order valence-corrected chi connectivity index (χ2v) is 18.4.